The van der Waals surface area contributed by atoms with Crippen molar-refractivity contribution in [3.05, 3.63) is 36.4 Å². The standard InChI is InChI=1S/C6H5.2C2H3O.Ru/c1-2-4-6-5-3-1;2*1-2-3;/h1-5H;2*1H3;/q3*-1;+3. The summed E-state index contributed by atoms with van der Waals surface area (Å²) in [5, 5.41) is 0. The van der Waals surface area contributed by atoms with Gasteiger partial charge in [0, 0.05) is 0 Å². The van der Waals surface area contributed by atoms with Gasteiger partial charge in [0.1, 0.15) is 0 Å². The maximum Gasteiger partial charge on any atom is 3.00 e. The molecule has 1 rings (SSSR count). The van der Waals surface area contributed by atoms with E-state index in [4.69, 9.17) is 9.59 Å². The summed E-state index contributed by atoms with van der Waals surface area (Å²) in [5.74, 6) is 0. The molecule has 0 bridgehead atoms. The molecule has 0 N–H and O–H groups in total. The van der Waals surface area contributed by atoms with Crippen LogP contribution in [0, 0.1) is 6.07 Å². The third-order valence-electron chi connectivity index (χ3n) is 0.607. The van der Waals surface area contributed by atoms with Gasteiger partial charge in [-0.25, -0.2) is 0 Å². The second kappa shape index (κ2) is 22.5. The van der Waals surface area contributed by atoms with E-state index in [0.29, 0.717) is 0 Å². The molecule has 1 aromatic rings. The molecule has 0 spiro atoms. The van der Waals surface area contributed by atoms with Gasteiger partial charge in [0.25, 0.3) is 0 Å². The second-order valence-corrected chi connectivity index (χ2v) is 1.49. The van der Waals surface area contributed by atoms with Crippen LogP contribution < -0.4 is 0 Å². The Kier molecular flexibility index (Phi) is 31.2. The molecule has 0 aliphatic heterocycles. The molecule has 0 amide bonds. The van der Waals surface area contributed by atoms with Gasteiger partial charge in [0.15, 0.2) is 0 Å². The van der Waals surface area contributed by atoms with Crippen LogP contribution in [0.5, 0.6) is 0 Å². The Hall–Kier alpha value is -0.817. The van der Waals surface area contributed by atoms with Gasteiger partial charge in [-0.2, -0.15) is 50.2 Å². The first-order valence-electron chi connectivity index (χ1n) is 3.32. The summed E-state index contributed by atoms with van der Waals surface area (Å²) in [6.45, 7) is 2.64. The van der Waals surface area contributed by atoms with Crippen LogP contribution in [-0.4, -0.2) is 12.6 Å². The molecule has 0 fully saturated rings. The Morgan fingerprint density at radius 3 is 1.31 bits per heavy atom. The molecule has 0 saturated carbocycles. The van der Waals surface area contributed by atoms with Crippen molar-refractivity contribution in [1.29, 1.82) is 0 Å². The molecule has 1 radical (unpaired) electrons. The molecular weight excluding hydrogens is 253 g/mol. The Balaban J connectivity index is -0.000000126. The van der Waals surface area contributed by atoms with Crippen molar-refractivity contribution < 1.29 is 29.1 Å². The molecule has 2 nitrogen and oxygen atoms in total. The van der Waals surface area contributed by atoms with Crippen molar-refractivity contribution in [2.45, 2.75) is 13.8 Å². The van der Waals surface area contributed by atoms with Gasteiger partial charge in [-0.1, -0.05) is 0 Å². The van der Waals surface area contributed by atoms with E-state index in [1.54, 1.807) is 0 Å². The summed E-state index contributed by atoms with van der Waals surface area (Å²) in [5.41, 5.74) is 0. The first-order valence-corrected chi connectivity index (χ1v) is 3.32. The summed E-state index contributed by atoms with van der Waals surface area (Å²) in [4.78, 5) is 17.4. The fraction of sp³-hybridized carbons (Fsp3) is 0.200. The number of hydrogen-bond acceptors (Lipinski definition) is 2. The topological polar surface area (TPSA) is 34.1 Å². The Labute approximate surface area is 92.1 Å². The van der Waals surface area contributed by atoms with Crippen LogP contribution in [0.1, 0.15) is 13.8 Å². The van der Waals surface area contributed by atoms with Gasteiger partial charge in [-0.3, -0.25) is 12.6 Å². The SMILES string of the molecule is C[C-]=O.C[C-]=O.[Ru+3].[c-]1ccccc1. The molecular formula is C10H11O2Ru. The van der Waals surface area contributed by atoms with Gasteiger partial charge in [0.2, 0.25) is 0 Å². The summed E-state index contributed by atoms with van der Waals surface area (Å²) in [6, 6.07) is 12.5. The van der Waals surface area contributed by atoms with Crippen molar-refractivity contribution in [3.63, 3.8) is 0 Å². The number of benzene rings is 1. The van der Waals surface area contributed by atoms with E-state index < -0.39 is 0 Å². The minimum atomic E-state index is 0. The zero-order valence-corrected chi connectivity index (χ0v) is 9.29. The Bertz CT molecular complexity index is 143. The molecule has 1 aromatic carbocycles. The van der Waals surface area contributed by atoms with E-state index in [-0.39, 0.29) is 19.5 Å². The van der Waals surface area contributed by atoms with Gasteiger partial charge in [-0.05, 0) is 0 Å². The Morgan fingerprint density at radius 2 is 1.23 bits per heavy atom. The van der Waals surface area contributed by atoms with Crippen molar-refractivity contribution in [3.8, 4) is 0 Å². The van der Waals surface area contributed by atoms with E-state index in [0.717, 1.165) is 0 Å². The van der Waals surface area contributed by atoms with Crippen LogP contribution in [0.4, 0.5) is 0 Å². The normalized spacial score (nSPS) is 5.69. The Morgan fingerprint density at radius 1 is 0.923 bits per heavy atom. The number of hydrogen-bond donors (Lipinski definition) is 0. The second-order valence-electron chi connectivity index (χ2n) is 1.49. The molecule has 0 aromatic heterocycles. The summed E-state index contributed by atoms with van der Waals surface area (Å²) < 4.78 is 0. The van der Waals surface area contributed by atoms with Crippen molar-refractivity contribution in [2.75, 3.05) is 0 Å². The average Bonchev–Trinajstić information content (AvgIpc) is 2.10. The molecule has 13 heavy (non-hydrogen) atoms. The predicted molar refractivity (Wildman–Crippen MR) is 48.0 cm³/mol. The zero-order chi connectivity index (χ0) is 9.66. The van der Waals surface area contributed by atoms with E-state index in [2.05, 4.69) is 6.07 Å². The molecule has 3 heteroatoms. The van der Waals surface area contributed by atoms with Crippen LogP contribution >= 0.6 is 0 Å². The molecule has 0 aliphatic rings. The summed E-state index contributed by atoms with van der Waals surface area (Å²) in [6.07, 6.45) is 3.00. The van der Waals surface area contributed by atoms with Gasteiger partial charge in [-0.15, -0.1) is 0 Å². The van der Waals surface area contributed by atoms with Crippen molar-refractivity contribution in [1.82, 2.24) is 0 Å². The van der Waals surface area contributed by atoms with Crippen LogP contribution in [0.3, 0.4) is 0 Å². The van der Waals surface area contributed by atoms with E-state index in [1.165, 1.54) is 26.4 Å². The molecule has 71 valence electrons. The van der Waals surface area contributed by atoms with Gasteiger partial charge < -0.3 is 9.59 Å². The number of carbonyl (C=O) groups excluding carboxylic acids is 2. The fourth-order valence-electron chi connectivity index (χ4n) is 0.342. The van der Waals surface area contributed by atoms with E-state index in [9.17, 15) is 0 Å². The predicted octanol–water partition coefficient (Wildman–Crippen LogP) is 1.72. The molecule has 0 unspecified atom stereocenters. The number of rotatable bonds is 0. The van der Waals surface area contributed by atoms with Crippen LogP contribution in [0.25, 0.3) is 0 Å². The van der Waals surface area contributed by atoms with Crippen molar-refractivity contribution >= 4 is 12.6 Å². The van der Waals surface area contributed by atoms with Crippen LogP contribution in [-0.2, 0) is 29.1 Å². The van der Waals surface area contributed by atoms with Gasteiger partial charge in [0.05, 0.1) is 0 Å². The molecule has 0 atom stereocenters. The maximum atomic E-state index is 8.68. The molecule has 0 heterocycles. The first-order chi connectivity index (χ1) is 5.83. The van der Waals surface area contributed by atoms with Gasteiger partial charge >= 0.3 is 19.5 Å². The van der Waals surface area contributed by atoms with Crippen LogP contribution in [0.2, 0.25) is 0 Å². The molecule has 0 saturated heterocycles. The maximum absolute atomic E-state index is 8.68. The minimum absolute atomic E-state index is 0. The first kappa shape index (κ1) is 18.1. The zero-order valence-electron chi connectivity index (χ0n) is 7.56. The molecule has 0 aliphatic carbocycles. The quantitative estimate of drug-likeness (QED) is 0.528. The smallest absolute Gasteiger partial charge is 0.542 e. The van der Waals surface area contributed by atoms with Crippen molar-refractivity contribution in [2.24, 2.45) is 0 Å². The average molecular weight is 264 g/mol. The summed E-state index contributed by atoms with van der Waals surface area (Å²) >= 11 is 0. The van der Waals surface area contributed by atoms with E-state index >= 15 is 0 Å². The minimum Gasteiger partial charge on any atom is -0.542 e. The van der Waals surface area contributed by atoms with E-state index in [1.807, 2.05) is 30.3 Å². The third kappa shape index (κ3) is 35.1. The summed E-state index contributed by atoms with van der Waals surface area (Å²) in [7, 11) is 0. The largest absolute Gasteiger partial charge is 3.00 e. The van der Waals surface area contributed by atoms with Crippen LogP contribution in [0.15, 0.2) is 30.3 Å². The monoisotopic (exact) mass is 265 g/mol. The fourth-order valence-corrected chi connectivity index (χ4v) is 0.342. The third-order valence-corrected chi connectivity index (χ3v) is 0.607.